The van der Waals surface area contributed by atoms with E-state index in [1.807, 2.05) is 38.5 Å². The van der Waals surface area contributed by atoms with Gasteiger partial charge in [-0.2, -0.15) is 0 Å². The van der Waals surface area contributed by atoms with Crippen molar-refractivity contribution < 1.29 is 4.79 Å². The van der Waals surface area contributed by atoms with E-state index >= 15 is 0 Å². The first kappa shape index (κ1) is 13.6. The number of para-hydroxylation sites is 1. The predicted octanol–water partition coefficient (Wildman–Crippen LogP) is 1.76. The second kappa shape index (κ2) is 5.89. The quantitative estimate of drug-likeness (QED) is 0.830. The van der Waals surface area contributed by atoms with Gasteiger partial charge in [0.05, 0.1) is 0 Å². The lowest BCUT2D eigenvalue weighted by molar-refractivity contribution is -0.122. The van der Waals surface area contributed by atoms with Crippen LogP contribution in [-0.2, 0) is 11.2 Å². The number of nitrogens with zero attached hydrogens (tertiary/aromatic N) is 1. The number of nitrogens with two attached hydrogens (primary N) is 1. The first-order valence-corrected chi connectivity index (χ1v) is 6.57. The highest BCUT2D eigenvalue weighted by molar-refractivity contribution is 5.84. The number of nitrogens with one attached hydrogen (secondary N) is 1. The molecule has 19 heavy (non-hydrogen) atoms. The van der Waals surface area contributed by atoms with E-state index in [9.17, 15) is 4.79 Å². The summed E-state index contributed by atoms with van der Waals surface area (Å²) in [5, 5.41) is 1.18. The molecule has 1 aromatic carbocycles. The number of benzene rings is 1. The van der Waals surface area contributed by atoms with Crippen LogP contribution in [0.5, 0.6) is 0 Å². The molecule has 4 heteroatoms. The average Bonchev–Trinajstić information content (AvgIpc) is 2.77. The molecule has 2 rings (SSSR count). The molecule has 0 radical (unpaired) electrons. The Balaban J connectivity index is 2.14. The van der Waals surface area contributed by atoms with Gasteiger partial charge in [0.25, 0.3) is 0 Å². The van der Waals surface area contributed by atoms with Crippen LogP contribution >= 0.6 is 0 Å². The van der Waals surface area contributed by atoms with Gasteiger partial charge < -0.3 is 15.6 Å². The minimum Gasteiger partial charge on any atom is -0.369 e. The minimum atomic E-state index is -0.216. The molecule has 0 saturated heterocycles. The summed E-state index contributed by atoms with van der Waals surface area (Å²) in [6, 6.07) is 8.13. The summed E-state index contributed by atoms with van der Waals surface area (Å²) >= 11 is 0. The molecule has 1 aromatic heterocycles. The molecule has 1 heterocycles. The number of aromatic amines is 1. The van der Waals surface area contributed by atoms with Gasteiger partial charge in [-0.05, 0) is 45.1 Å². The van der Waals surface area contributed by atoms with E-state index in [1.165, 1.54) is 5.39 Å². The van der Waals surface area contributed by atoms with Gasteiger partial charge in [0.1, 0.15) is 0 Å². The van der Waals surface area contributed by atoms with Crippen LogP contribution in [0, 0.1) is 5.92 Å². The molecule has 1 amide bonds. The predicted molar refractivity (Wildman–Crippen MR) is 77.9 cm³/mol. The zero-order valence-corrected chi connectivity index (χ0v) is 11.5. The molecule has 3 N–H and O–H groups in total. The lowest BCUT2D eigenvalue weighted by Gasteiger charge is -2.16. The lowest BCUT2D eigenvalue weighted by atomic mass is 9.95. The Labute approximate surface area is 113 Å². The average molecular weight is 259 g/mol. The largest absolute Gasteiger partial charge is 0.369 e. The number of H-pyrrole nitrogens is 1. The summed E-state index contributed by atoms with van der Waals surface area (Å²) in [6.07, 6.45) is 3.48. The molecule has 102 valence electrons. The highest BCUT2D eigenvalue weighted by Crippen LogP contribution is 2.22. The van der Waals surface area contributed by atoms with Gasteiger partial charge in [0, 0.05) is 23.0 Å². The third-order valence-electron chi connectivity index (χ3n) is 3.47. The van der Waals surface area contributed by atoms with Crippen LogP contribution in [0.25, 0.3) is 10.9 Å². The molecule has 0 aliphatic carbocycles. The van der Waals surface area contributed by atoms with Gasteiger partial charge in [-0.25, -0.2) is 0 Å². The first-order valence-electron chi connectivity index (χ1n) is 6.57. The molecule has 0 saturated carbocycles. The number of primary amides is 1. The fraction of sp³-hybridized carbons (Fsp3) is 0.400. The molecule has 4 nitrogen and oxygen atoms in total. The highest BCUT2D eigenvalue weighted by Gasteiger charge is 2.17. The van der Waals surface area contributed by atoms with Crippen LogP contribution in [0.15, 0.2) is 30.5 Å². The molecule has 1 atom stereocenters. The number of aromatic nitrogens is 1. The molecule has 2 aromatic rings. The topological polar surface area (TPSA) is 62.1 Å². The first-order chi connectivity index (χ1) is 9.08. The zero-order valence-electron chi connectivity index (χ0n) is 11.5. The van der Waals surface area contributed by atoms with Crippen molar-refractivity contribution in [1.82, 2.24) is 9.88 Å². The Kier molecular flexibility index (Phi) is 4.22. The fourth-order valence-corrected chi connectivity index (χ4v) is 2.32. The van der Waals surface area contributed by atoms with Crippen LogP contribution in [0.2, 0.25) is 0 Å². The monoisotopic (exact) mass is 259 g/mol. The number of carbonyl (C=O) groups is 1. The van der Waals surface area contributed by atoms with Crippen molar-refractivity contribution >= 4 is 16.8 Å². The van der Waals surface area contributed by atoms with Gasteiger partial charge in [0.15, 0.2) is 0 Å². The van der Waals surface area contributed by atoms with Crippen molar-refractivity contribution in [2.24, 2.45) is 11.7 Å². The van der Waals surface area contributed by atoms with Crippen molar-refractivity contribution in [3.63, 3.8) is 0 Å². The van der Waals surface area contributed by atoms with Gasteiger partial charge in [0.2, 0.25) is 5.91 Å². The number of hydrogen-bond donors (Lipinski definition) is 2. The van der Waals surface area contributed by atoms with Gasteiger partial charge in [-0.15, -0.1) is 0 Å². The summed E-state index contributed by atoms with van der Waals surface area (Å²) in [4.78, 5) is 16.9. The molecule has 0 bridgehead atoms. The van der Waals surface area contributed by atoms with E-state index in [-0.39, 0.29) is 11.8 Å². The minimum absolute atomic E-state index is 0.110. The Morgan fingerprint density at radius 1 is 1.37 bits per heavy atom. The Bertz CT molecular complexity index is 559. The molecule has 0 spiro atoms. The summed E-state index contributed by atoms with van der Waals surface area (Å²) in [5.74, 6) is -0.325. The maximum absolute atomic E-state index is 11.6. The van der Waals surface area contributed by atoms with Crippen molar-refractivity contribution in [1.29, 1.82) is 0 Å². The van der Waals surface area contributed by atoms with Crippen molar-refractivity contribution in [2.45, 2.75) is 12.8 Å². The third-order valence-corrected chi connectivity index (χ3v) is 3.47. The number of hydrogen-bond acceptors (Lipinski definition) is 2. The number of amides is 1. The second-order valence-corrected chi connectivity index (χ2v) is 5.25. The maximum Gasteiger partial charge on any atom is 0.220 e. The van der Waals surface area contributed by atoms with Crippen LogP contribution < -0.4 is 5.73 Å². The SMILES string of the molecule is CN(C)CCC(Cc1c[nH]c2ccccc12)C(N)=O. The van der Waals surface area contributed by atoms with Crippen molar-refractivity contribution in [3.05, 3.63) is 36.0 Å². The molecular formula is C15H21N3O. The molecule has 0 aliphatic rings. The zero-order chi connectivity index (χ0) is 13.8. The fourth-order valence-electron chi connectivity index (χ4n) is 2.32. The van der Waals surface area contributed by atoms with E-state index in [1.54, 1.807) is 0 Å². The molecular weight excluding hydrogens is 238 g/mol. The highest BCUT2D eigenvalue weighted by atomic mass is 16.1. The lowest BCUT2D eigenvalue weighted by Crippen LogP contribution is -2.28. The van der Waals surface area contributed by atoms with Crippen LogP contribution in [-0.4, -0.2) is 36.4 Å². The molecule has 0 fully saturated rings. The normalized spacial score (nSPS) is 13.0. The summed E-state index contributed by atoms with van der Waals surface area (Å²) < 4.78 is 0. The van der Waals surface area contributed by atoms with Crippen molar-refractivity contribution in [2.75, 3.05) is 20.6 Å². The Hall–Kier alpha value is -1.81. The van der Waals surface area contributed by atoms with Gasteiger partial charge in [-0.1, -0.05) is 18.2 Å². The second-order valence-electron chi connectivity index (χ2n) is 5.25. The van der Waals surface area contributed by atoms with E-state index in [0.717, 1.165) is 24.0 Å². The number of carbonyl (C=O) groups excluding carboxylic acids is 1. The Morgan fingerprint density at radius 3 is 2.79 bits per heavy atom. The van der Waals surface area contributed by atoms with E-state index < -0.39 is 0 Å². The van der Waals surface area contributed by atoms with E-state index in [0.29, 0.717) is 6.42 Å². The standard InChI is InChI=1S/C15H21N3O/c1-18(2)8-7-11(15(16)19)9-12-10-17-14-6-4-3-5-13(12)14/h3-6,10-11,17H,7-9H2,1-2H3,(H2,16,19). The van der Waals surface area contributed by atoms with E-state index in [2.05, 4.69) is 16.0 Å². The summed E-state index contributed by atoms with van der Waals surface area (Å²) in [7, 11) is 4.01. The van der Waals surface area contributed by atoms with Gasteiger partial charge in [-0.3, -0.25) is 4.79 Å². The van der Waals surface area contributed by atoms with Crippen LogP contribution in [0.3, 0.4) is 0 Å². The maximum atomic E-state index is 11.6. The summed E-state index contributed by atoms with van der Waals surface area (Å²) in [5.41, 5.74) is 7.79. The smallest absolute Gasteiger partial charge is 0.220 e. The Morgan fingerprint density at radius 2 is 2.11 bits per heavy atom. The van der Waals surface area contributed by atoms with Crippen molar-refractivity contribution in [3.8, 4) is 0 Å². The molecule has 1 unspecified atom stereocenters. The van der Waals surface area contributed by atoms with E-state index in [4.69, 9.17) is 5.73 Å². The third kappa shape index (κ3) is 3.35. The summed E-state index contributed by atoms with van der Waals surface area (Å²) in [6.45, 7) is 0.871. The van der Waals surface area contributed by atoms with Gasteiger partial charge >= 0.3 is 0 Å². The number of fused-ring (bicyclic) bond motifs is 1. The number of rotatable bonds is 6. The van der Waals surface area contributed by atoms with Crippen LogP contribution in [0.1, 0.15) is 12.0 Å². The molecule has 0 aliphatic heterocycles. The van der Waals surface area contributed by atoms with Crippen LogP contribution in [0.4, 0.5) is 0 Å².